The van der Waals surface area contributed by atoms with Crippen molar-refractivity contribution in [2.45, 2.75) is 64.2 Å². The molecule has 2 N–H and O–H groups in total. The molecule has 1 saturated heterocycles. The number of piperidine rings is 1. The predicted molar refractivity (Wildman–Crippen MR) is 88.1 cm³/mol. The number of hydrogen-bond donors (Lipinski definition) is 1. The fourth-order valence-electron chi connectivity index (χ4n) is 6.82. The van der Waals surface area contributed by atoms with Crippen molar-refractivity contribution in [2.75, 3.05) is 26.2 Å². The van der Waals surface area contributed by atoms with E-state index in [-0.39, 0.29) is 0 Å². The first-order valence-electron chi connectivity index (χ1n) is 9.67. The normalized spacial score (nSPS) is 46.1. The Morgan fingerprint density at radius 2 is 1.67 bits per heavy atom. The maximum atomic E-state index is 5.76. The van der Waals surface area contributed by atoms with Crippen LogP contribution in [0.3, 0.4) is 0 Å². The molecular formula is C19H34N2. The molecule has 2 nitrogen and oxygen atoms in total. The predicted octanol–water partition coefficient (Wildman–Crippen LogP) is 3.65. The first-order chi connectivity index (χ1) is 10.2. The fourth-order valence-corrected chi connectivity index (χ4v) is 6.82. The third-order valence-corrected chi connectivity index (χ3v) is 7.30. The fraction of sp³-hybridized carbons (Fsp3) is 1.00. The molecule has 2 heteroatoms. The van der Waals surface area contributed by atoms with Crippen molar-refractivity contribution in [3.8, 4) is 0 Å². The van der Waals surface area contributed by atoms with Crippen molar-refractivity contribution >= 4 is 0 Å². The Balaban J connectivity index is 1.32. The van der Waals surface area contributed by atoms with E-state index >= 15 is 0 Å². The summed E-state index contributed by atoms with van der Waals surface area (Å²) in [5.41, 5.74) is 6.54. The van der Waals surface area contributed by atoms with Crippen molar-refractivity contribution in [3.63, 3.8) is 0 Å². The summed E-state index contributed by atoms with van der Waals surface area (Å²) in [7, 11) is 0. The largest absolute Gasteiger partial charge is 0.330 e. The molecule has 0 aromatic heterocycles. The lowest BCUT2D eigenvalue weighted by Crippen LogP contribution is -2.48. The molecule has 0 amide bonds. The summed E-state index contributed by atoms with van der Waals surface area (Å²) >= 11 is 0. The molecule has 1 aliphatic heterocycles. The molecule has 5 fully saturated rings. The lowest BCUT2D eigenvalue weighted by molar-refractivity contribution is -0.0621. The summed E-state index contributed by atoms with van der Waals surface area (Å²) in [6.45, 7) is 4.96. The Morgan fingerprint density at radius 1 is 1.00 bits per heavy atom. The minimum Gasteiger partial charge on any atom is -0.330 e. The SMILES string of the molecule is NCCC1CCCN(CCC23CC4CC(CC(C4)C2)C3)C1. The summed E-state index contributed by atoms with van der Waals surface area (Å²) in [4.78, 5) is 2.78. The van der Waals surface area contributed by atoms with Gasteiger partial charge in [-0.05, 0) is 113 Å². The number of nitrogens with two attached hydrogens (primary N) is 1. The lowest BCUT2D eigenvalue weighted by atomic mass is 9.49. The van der Waals surface area contributed by atoms with Crippen LogP contribution in [0.2, 0.25) is 0 Å². The van der Waals surface area contributed by atoms with Gasteiger partial charge >= 0.3 is 0 Å². The molecule has 1 atom stereocenters. The van der Waals surface area contributed by atoms with Crippen molar-refractivity contribution in [3.05, 3.63) is 0 Å². The highest BCUT2D eigenvalue weighted by molar-refractivity contribution is 5.01. The van der Waals surface area contributed by atoms with Gasteiger partial charge in [-0.2, -0.15) is 0 Å². The number of nitrogens with zero attached hydrogens (tertiary/aromatic N) is 1. The van der Waals surface area contributed by atoms with Crippen molar-refractivity contribution < 1.29 is 0 Å². The van der Waals surface area contributed by atoms with E-state index in [2.05, 4.69) is 4.90 Å². The van der Waals surface area contributed by atoms with E-state index in [9.17, 15) is 0 Å². The van der Waals surface area contributed by atoms with Gasteiger partial charge in [0.2, 0.25) is 0 Å². The molecule has 4 saturated carbocycles. The van der Waals surface area contributed by atoms with E-state index < -0.39 is 0 Å². The van der Waals surface area contributed by atoms with E-state index in [1.807, 2.05) is 0 Å². The maximum absolute atomic E-state index is 5.76. The molecule has 5 aliphatic rings. The van der Waals surface area contributed by atoms with Crippen LogP contribution < -0.4 is 5.73 Å². The first kappa shape index (κ1) is 14.5. The number of hydrogen-bond acceptors (Lipinski definition) is 2. The Bertz CT molecular complexity index is 327. The third-order valence-electron chi connectivity index (χ3n) is 7.30. The second-order valence-electron chi connectivity index (χ2n) is 9.05. The van der Waals surface area contributed by atoms with Gasteiger partial charge in [-0.3, -0.25) is 0 Å². The monoisotopic (exact) mass is 290 g/mol. The van der Waals surface area contributed by atoms with Gasteiger partial charge in [-0.15, -0.1) is 0 Å². The van der Waals surface area contributed by atoms with Gasteiger partial charge in [-0.1, -0.05) is 0 Å². The average molecular weight is 290 g/mol. The quantitative estimate of drug-likeness (QED) is 0.837. The molecular weight excluding hydrogens is 256 g/mol. The number of likely N-dealkylation sites (tertiary alicyclic amines) is 1. The average Bonchev–Trinajstić information content (AvgIpc) is 2.45. The summed E-state index contributed by atoms with van der Waals surface area (Å²) in [5.74, 6) is 4.23. The van der Waals surface area contributed by atoms with Crippen molar-refractivity contribution in [1.82, 2.24) is 4.90 Å². The lowest BCUT2D eigenvalue weighted by Gasteiger charge is -2.57. The summed E-state index contributed by atoms with van der Waals surface area (Å²) in [5, 5.41) is 0. The second-order valence-corrected chi connectivity index (χ2v) is 9.05. The van der Waals surface area contributed by atoms with E-state index in [1.165, 1.54) is 45.3 Å². The van der Waals surface area contributed by atoms with E-state index in [4.69, 9.17) is 5.73 Å². The highest BCUT2D eigenvalue weighted by Gasteiger charge is 2.50. The van der Waals surface area contributed by atoms with E-state index in [0.717, 1.165) is 35.6 Å². The van der Waals surface area contributed by atoms with Crippen LogP contribution in [-0.4, -0.2) is 31.1 Å². The van der Waals surface area contributed by atoms with Gasteiger partial charge < -0.3 is 10.6 Å². The Labute approximate surface area is 130 Å². The Hall–Kier alpha value is -0.0800. The topological polar surface area (TPSA) is 29.3 Å². The highest BCUT2D eigenvalue weighted by atomic mass is 15.1. The first-order valence-corrected chi connectivity index (χ1v) is 9.67. The molecule has 0 spiro atoms. The molecule has 21 heavy (non-hydrogen) atoms. The molecule has 4 aliphatic carbocycles. The van der Waals surface area contributed by atoms with Gasteiger partial charge in [-0.25, -0.2) is 0 Å². The zero-order valence-electron chi connectivity index (χ0n) is 13.7. The van der Waals surface area contributed by atoms with Crippen LogP contribution in [0.5, 0.6) is 0 Å². The summed E-state index contributed by atoms with van der Waals surface area (Å²) in [6.07, 6.45) is 15.1. The summed E-state index contributed by atoms with van der Waals surface area (Å²) in [6, 6.07) is 0. The molecule has 0 aromatic carbocycles. The molecule has 5 rings (SSSR count). The molecule has 120 valence electrons. The van der Waals surface area contributed by atoms with E-state index in [1.54, 1.807) is 38.5 Å². The van der Waals surface area contributed by atoms with Crippen LogP contribution in [0.15, 0.2) is 0 Å². The van der Waals surface area contributed by atoms with Gasteiger partial charge in [0.15, 0.2) is 0 Å². The van der Waals surface area contributed by atoms with Crippen molar-refractivity contribution in [2.24, 2.45) is 34.8 Å². The van der Waals surface area contributed by atoms with Gasteiger partial charge in [0.25, 0.3) is 0 Å². The molecule has 0 aromatic rings. The summed E-state index contributed by atoms with van der Waals surface area (Å²) < 4.78 is 0. The van der Waals surface area contributed by atoms with Crippen LogP contribution in [0.1, 0.15) is 64.2 Å². The van der Waals surface area contributed by atoms with Gasteiger partial charge in [0, 0.05) is 6.54 Å². The molecule has 1 heterocycles. The Morgan fingerprint density at radius 3 is 2.29 bits per heavy atom. The number of rotatable bonds is 5. The van der Waals surface area contributed by atoms with Crippen LogP contribution in [0.25, 0.3) is 0 Å². The van der Waals surface area contributed by atoms with Crippen LogP contribution in [-0.2, 0) is 0 Å². The minimum absolute atomic E-state index is 0.773. The highest BCUT2D eigenvalue weighted by Crippen LogP contribution is 2.61. The zero-order chi connectivity index (χ0) is 14.3. The molecule has 0 radical (unpaired) electrons. The van der Waals surface area contributed by atoms with Crippen molar-refractivity contribution in [1.29, 1.82) is 0 Å². The second kappa shape index (κ2) is 5.85. The Kier molecular flexibility index (Phi) is 4.04. The van der Waals surface area contributed by atoms with Crippen LogP contribution >= 0.6 is 0 Å². The van der Waals surface area contributed by atoms with E-state index in [0.29, 0.717) is 0 Å². The smallest absolute Gasteiger partial charge is 0.00101 e. The third kappa shape index (κ3) is 3.03. The maximum Gasteiger partial charge on any atom is 0.00101 e. The van der Waals surface area contributed by atoms with Gasteiger partial charge in [0.05, 0.1) is 0 Å². The zero-order valence-corrected chi connectivity index (χ0v) is 13.7. The standard InChI is InChI=1S/C19H34N2/c20-5-3-15-2-1-6-21(14-15)7-4-19-11-16-8-17(12-19)10-18(9-16)13-19/h15-18H,1-14,20H2. The van der Waals surface area contributed by atoms with Crippen LogP contribution in [0.4, 0.5) is 0 Å². The van der Waals surface area contributed by atoms with Gasteiger partial charge in [0.1, 0.15) is 0 Å². The van der Waals surface area contributed by atoms with Crippen LogP contribution in [0, 0.1) is 29.1 Å². The molecule has 4 bridgehead atoms. The molecule has 1 unspecified atom stereocenters. The minimum atomic E-state index is 0.773.